The van der Waals surface area contributed by atoms with E-state index in [1.807, 2.05) is 54.3 Å². The average Bonchev–Trinajstić information content (AvgIpc) is 3.30. The molecule has 7 heteroatoms. The van der Waals surface area contributed by atoms with Crippen LogP contribution in [0.1, 0.15) is 23.4 Å². The van der Waals surface area contributed by atoms with Crippen molar-refractivity contribution in [2.75, 3.05) is 12.8 Å². The zero-order valence-electron chi connectivity index (χ0n) is 14.4. The molecule has 0 fully saturated rings. The Balaban J connectivity index is 1.65. The van der Waals surface area contributed by atoms with E-state index in [1.54, 1.807) is 22.6 Å². The fourth-order valence-corrected chi connectivity index (χ4v) is 4.05. The van der Waals surface area contributed by atoms with Crippen LogP contribution in [0, 0.1) is 6.92 Å². The lowest BCUT2D eigenvalue weighted by molar-refractivity contribution is -0.128. The zero-order valence-corrected chi connectivity index (χ0v) is 16.0. The molecule has 3 rings (SSSR count). The minimum Gasteiger partial charge on any atom is -0.337 e. The van der Waals surface area contributed by atoms with Gasteiger partial charge in [0.25, 0.3) is 0 Å². The van der Waals surface area contributed by atoms with Crippen molar-refractivity contribution >= 4 is 29.0 Å². The lowest BCUT2D eigenvalue weighted by atomic mass is 10.2. The van der Waals surface area contributed by atoms with Gasteiger partial charge in [-0.1, -0.05) is 35.5 Å². The Morgan fingerprint density at radius 3 is 2.76 bits per heavy atom. The predicted octanol–water partition coefficient (Wildman–Crippen LogP) is 3.95. The van der Waals surface area contributed by atoms with Crippen LogP contribution in [0.15, 0.2) is 53.3 Å². The largest absolute Gasteiger partial charge is 0.337 e. The van der Waals surface area contributed by atoms with Gasteiger partial charge in [0.05, 0.1) is 11.8 Å². The van der Waals surface area contributed by atoms with Gasteiger partial charge in [-0.2, -0.15) is 0 Å². The first kappa shape index (κ1) is 17.7. The van der Waals surface area contributed by atoms with Gasteiger partial charge in [-0.3, -0.25) is 9.36 Å². The van der Waals surface area contributed by atoms with Crippen molar-refractivity contribution in [3.05, 3.63) is 58.5 Å². The van der Waals surface area contributed by atoms with E-state index in [0.717, 1.165) is 10.8 Å². The number of benzene rings is 1. The smallest absolute Gasteiger partial charge is 0.233 e. The highest BCUT2D eigenvalue weighted by Crippen LogP contribution is 2.25. The minimum absolute atomic E-state index is 0.0723. The van der Waals surface area contributed by atoms with Crippen LogP contribution in [0.2, 0.25) is 0 Å². The number of amides is 1. The molecule has 0 bridgehead atoms. The number of aryl methyl sites for hydroxylation is 1. The molecule has 0 aliphatic carbocycles. The van der Waals surface area contributed by atoms with E-state index in [9.17, 15) is 4.79 Å². The second kappa shape index (κ2) is 7.84. The first-order valence-corrected chi connectivity index (χ1v) is 9.81. The van der Waals surface area contributed by atoms with Crippen LogP contribution < -0.4 is 0 Å². The maximum Gasteiger partial charge on any atom is 0.233 e. The van der Waals surface area contributed by atoms with Gasteiger partial charge in [0, 0.05) is 17.6 Å². The number of rotatable bonds is 6. The van der Waals surface area contributed by atoms with Gasteiger partial charge in [-0.05, 0) is 37.4 Å². The molecule has 3 aromatic rings. The van der Waals surface area contributed by atoms with Crippen LogP contribution in [0.4, 0.5) is 0 Å². The topological polar surface area (TPSA) is 51.0 Å². The Morgan fingerprint density at radius 2 is 2.08 bits per heavy atom. The second-order valence-electron chi connectivity index (χ2n) is 5.80. The standard InChI is InChI=1S/C18H20N4OS2/c1-13-6-8-15(9-7-13)22-12-19-20-18(22)25-11-17(23)21(3)14(2)16-5-4-10-24-16/h4-10,12,14H,11H2,1-3H3. The fraction of sp³-hybridized carbons (Fsp3) is 0.278. The summed E-state index contributed by atoms with van der Waals surface area (Å²) in [7, 11) is 1.85. The molecule has 0 saturated carbocycles. The maximum absolute atomic E-state index is 12.5. The van der Waals surface area contributed by atoms with Crippen LogP contribution in [0.25, 0.3) is 5.69 Å². The Hall–Kier alpha value is -2.12. The minimum atomic E-state index is 0.0723. The van der Waals surface area contributed by atoms with E-state index >= 15 is 0 Å². The highest BCUT2D eigenvalue weighted by molar-refractivity contribution is 7.99. The van der Waals surface area contributed by atoms with Gasteiger partial charge >= 0.3 is 0 Å². The van der Waals surface area contributed by atoms with Crippen LogP contribution in [-0.4, -0.2) is 38.4 Å². The molecule has 130 valence electrons. The maximum atomic E-state index is 12.5. The van der Waals surface area contributed by atoms with Crippen molar-refractivity contribution < 1.29 is 4.79 Å². The van der Waals surface area contributed by atoms with Crippen LogP contribution in [0.5, 0.6) is 0 Å². The van der Waals surface area contributed by atoms with E-state index in [0.29, 0.717) is 5.75 Å². The number of nitrogens with zero attached hydrogens (tertiary/aromatic N) is 4. The van der Waals surface area contributed by atoms with E-state index in [2.05, 4.69) is 23.2 Å². The summed E-state index contributed by atoms with van der Waals surface area (Å²) < 4.78 is 1.90. The van der Waals surface area contributed by atoms with E-state index in [-0.39, 0.29) is 11.9 Å². The van der Waals surface area contributed by atoms with Gasteiger partial charge in [0.1, 0.15) is 6.33 Å². The number of carbonyl (C=O) groups excluding carboxylic acids is 1. The van der Waals surface area contributed by atoms with Crippen molar-refractivity contribution in [3.63, 3.8) is 0 Å². The molecule has 0 radical (unpaired) electrons. The van der Waals surface area contributed by atoms with Crippen molar-refractivity contribution in [1.29, 1.82) is 0 Å². The summed E-state index contributed by atoms with van der Waals surface area (Å²) >= 11 is 3.07. The molecule has 0 spiro atoms. The number of carbonyl (C=O) groups is 1. The third-order valence-electron chi connectivity index (χ3n) is 4.08. The predicted molar refractivity (Wildman–Crippen MR) is 102 cm³/mol. The van der Waals surface area contributed by atoms with Crippen molar-refractivity contribution in [1.82, 2.24) is 19.7 Å². The summed E-state index contributed by atoms with van der Waals surface area (Å²) in [5.41, 5.74) is 2.19. The second-order valence-corrected chi connectivity index (χ2v) is 7.73. The molecule has 25 heavy (non-hydrogen) atoms. The van der Waals surface area contributed by atoms with Crippen LogP contribution in [0.3, 0.4) is 0 Å². The van der Waals surface area contributed by atoms with Gasteiger partial charge in [0.15, 0.2) is 5.16 Å². The van der Waals surface area contributed by atoms with E-state index in [4.69, 9.17) is 0 Å². The molecular weight excluding hydrogens is 352 g/mol. The first-order chi connectivity index (χ1) is 12.1. The van der Waals surface area contributed by atoms with Crippen molar-refractivity contribution in [2.24, 2.45) is 0 Å². The number of hydrogen-bond donors (Lipinski definition) is 0. The molecule has 2 aromatic heterocycles. The fourth-order valence-electron chi connectivity index (χ4n) is 2.37. The van der Waals surface area contributed by atoms with Crippen LogP contribution in [-0.2, 0) is 4.79 Å². The highest BCUT2D eigenvalue weighted by Gasteiger charge is 2.19. The number of aromatic nitrogens is 3. The highest BCUT2D eigenvalue weighted by atomic mass is 32.2. The Labute approximate surface area is 155 Å². The number of thioether (sulfide) groups is 1. The number of thiophene rings is 1. The van der Waals surface area contributed by atoms with E-state index in [1.165, 1.54) is 22.2 Å². The molecule has 5 nitrogen and oxygen atoms in total. The molecule has 0 aliphatic heterocycles. The number of hydrogen-bond acceptors (Lipinski definition) is 5. The Morgan fingerprint density at radius 1 is 1.32 bits per heavy atom. The SMILES string of the molecule is Cc1ccc(-n2cnnc2SCC(=O)N(C)C(C)c2cccs2)cc1. The summed E-state index contributed by atoms with van der Waals surface area (Å²) in [5.74, 6) is 0.404. The summed E-state index contributed by atoms with van der Waals surface area (Å²) in [6, 6.07) is 12.3. The molecular formula is C18H20N4OS2. The lowest BCUT2D eigenvalue weighted by Gasteiger charge is -2.23. The van der Waals surface area contributed by atoms with Crippen molar-refractivity contribution in [3.8, 4) is 5.69 Å². The molecule has 2 heterocycles. The Kier molecular flexibility index (Phi) is 5.55. The Bertz CT molecular complexity index is 827. The summed E-state index contributed by atoms with van der Waals surface area (Å²) in [5, 5.41) is 10.9. The quantitative estimate of drug-likeness (QED) is 0.615. The lowest BCUT2D eigenvalue weighted by Crippen LogP contribution is -2.30. The monoisotopic (exact) mass is 372 g/mol. The van der Waals surface area contributed by atoms with Gasteiger partial charge in [-0.15, -0.1) is 21.5 Å². The third kappa shape index (κ3) is 4.11. The average molecular weight is 373 g/mol. The van der Waals surface area contributed by atoms with Crippen LogP contribution >= 0.6 is 23.1 Å². The normalized spacial score (nSPS) is 12.1. The zero-order chi connectivity index (χ0) is 17.8. The van der Waals surface area contributed by atoms with E-state index < -0.39 is 0 Å². The third-order valence-corrected chi connectivity index (χ3v) is 6.05. The summed E-state index contributed by atoms with van der Waals surface area (Å²) in [4.78, 5) is 15.5. The molecule has 1 atom stereocenters. The van der Waals surface area contributed by atoms with Crippen molar-refractivity contribution in [2.45, 2.75) is 25.0 Å². The molecule has 1 aromatic carbocycles. The van der Waals surface area contributed by atoms with Gasteiger partial charge < -0.3 is 4.90 Å². The molecule has 1 amide bonds. The first-order valence-electron chi connectivity index (χ1n) is 7.95. The molecule has 0 N–H and O–H groups in total. The summed E-state index contributed by atoms with van der Waals surface area (Å²) in [6.07, 6.45) is 1.68. The molecule has 1 unspecified atom stereocenters. The van der Waals surface area contributed by atoms with Gasteiger partial charge in [0.2, 0.25) is 5.91 Å². The molecule has 0 aliphatic rings. The summed E-state index contributed by atoms with van der Waals surface area (Å²) in [6.45, 7) is 4.10. The molecule has 0 saturated heterocycles. The van der Waals surface area contributed by atoms with Gasteiger partial charge in [-0.25, -0.2) is 0 Å².